The Bertz CT molecular complexity index is 981. The summed E-state index contributed by atoms with van der Waals surface area (Å²) >= 11 is 5.90. The molecule has 1 amide bonds. The Balaban J connectivity index is 1.50. The van der Waals surface area contributed by atoms with Gasteiger partial charge in [0.25, 0.3) is 5.91 Å². The third-order valence-electron chi connectivity index (χ3n) is 3.70. The van der Waals surface area contributed by atoms with Crippen molar-refractivity contribution in [3.8, 4) is 17.6 Å². The lowest BCUT2D eigenvalue weighted by molar-refractivity contribution is -0.142. The number of nitrogens with zero attached hydrogens (tertiary/aromatic N) is 1. The van der Waals surface area contributed by atoms with Gasteiger partial charge in [0, 0.05) is 11.8 Å². The summed E-state index contributed by atoms with van der Waals surface area (Å²) in [4.78, 5) is 23.7. The number of ether oxygens (including phenoxy) is 3. The summed E-state index contributed by atoms with van der Waals surface area (Å²) in [6.07, 6.45) is 2.77. The molecule has 1 aliphatic rings. The Morgan fingerprint density at radius 2 is 1.96 bits per heavy atom. The summed E-state index contributed by atoms with van der Waals surface area (Å²) in [7, 11) is 0. The van der Waals surface area contributed by atoms with Gasteiger partial charge in [-0.25, -0.2) is 4.79 Å². The quantitative estimate of drug-likeness (QED) is 0.613. The lowest BCUT2D eigenvalue weighted by Crippen LogP contribution is -2.20. The maximum Gasteiger partial charge on any atom is 0.331 e. The highest BCUT2D eigenvalue weighted by Crippen LogP contribution is 2.31. The van der Waals surface area contributed by atoms with Gasteiger partial charge in [0.2, 0.25) is 0 Å². The van der Waals surface area contributed by atoms with Gasteiger partial charge in [-0.3, -0.25) is 4.79 Å². The molecule has 0 spiro atoms. The first-order valence-corrected chi connectivity index (χ1v) is 8.67. The standard InChI is InChI=1S/C20H15ClN2O5/c21-16-10-15(4-3-14(16)11-22)23-19(24)12-28-20(25)6-2-13-1-5-17-18(9-13)27-8-7-26-17/h1-6,9-10H,7-8,12H2,(H,23,24)/b6-2+. The van der Waals surface area contributed by atoms with Gasteiger partial charge in [0.15, 0.2) is 18.1 Å². The molecule has 7 nitrogen and oxygen atoms in total. The van der Waals surface area contributed by atoms with Gasteiger partial charge >= 0.3 is 5.97 Å². The fourth-order valence-electron chi connectivity index (χ4n) is 2.39. The number of nitriles is 1. The van der Waals surface area contributed by atoms with Crippen molar-refractivity contribution >= 4 is 35.2 Å². The average Bonchev–Trinajstić information content (AvgIpc) is 2.70. The van der Waals surface area contributed by atoms with E-state index in [2.05, 4.69) is 5.32 Å². The smallest absolute Gasteiger partial charge is 0.331 e. The van der Waals surface area contributed by atoms with Crippen LogP contribution in [0.5, 0.6) is 11.5 Å². The van der Waals surface area contributed by atoms with E-state index >= 15 is 0 Å². The topological polar surface area (TPSA) is 97.7 Å². The lowest BCUT2D eigenvalue weighted by Gasteiger charge is -2.18. The largest absolute Gasteiger partial charge is 0.486 e. The number of esters is 1. The van der Waals surface area contributed by atoms with Crippen LogP contribution in [0.1, 0.15) is 11.1 Å². The zero-order valence-electron chi connectivity index (χ0n) is 14.6. The van der Waals surface area contributed by atoms with Crippen molar-refractivity contribution in [3.63, 3.8) is 0 Å². The Labute approximate surface area is 166 Å². The predicted molar refractivity (Wildman–Crippen MR) is 102 cm³/mol. The first-order valence-electron chi connectivity index (χ1n) is 8.29. The van der Waals surface area contributed by atoms with Gasteiger partial charge in [0.05, 0.1) is 10.6 Å². The zero-order valence-corrected chi connectivity index (χ0v) is 15.4. The molecule has 142 valence electrons. The molecule has 0 unspecified atom stereocenters. The first kappa shape index (κ1) is 19.3. The molecule has 0 radical (unpaired) electrons. The van der Waals surface area contributed by atoms with Crippen LogP contribution in [0, 0.1) is 11.3 Å². The van der Waals surface area contributed by atoms with Crippen LogP contribution in [0.4, 0.5) is 5.69 Å². The minimum atomic E-state index is -0.664. The Morgan fingerprint density at radius 3 is 2.71 bits per heavy atom. The highest BCUT2D eigenvalue weighted by Gasteiger charge is 2.11. The van der Waals surface area contributed by atoms with Crippen LogP contribution in [0.25, 0.3) is 6.08 Å². The van der Waals surface area contributed by atoms with E-state index < -0.39 is 18.5 Å². The van der Waals surface area contributed by atoms with Crippen LogP contribution in [0.15, 0.2) is 42.5 Å². The maximum atomic E-state index is 11.9. The molecule has 2 aromatic rings. The van der Waals surface area contributed by atoms with E-state index in [0.29, 0.717) is 36.0 Å². The highest BCUT2D eigenvalue weighted by molar-refractivity contribution is 6.32. The number of anilines is 1. The second-order valence-electron chi connectivity index (χ2n) is 5.70. The summed E-state index contributed by atoms with van der Waals surface area (Å²) in [6, 6.07) is 11.7. The van der Waals surface area contributed by atoms with Crippen molar-refractivity contribution in [1.82, 2.24) is 0 Å². The molecule has 0 saturated carbocycles. The number of hydrogen-bond donors (Lipinski definition) is 1. The molecule has 0 aromatic heterocycles. The van der Waals surface area contributed by atoms with Crippen LogP contribution in [0.2, 0.25) is 5.02 Å². The van der Waals surface area contributed by atoms with Gasteiger partial charge in [-0.1, -0.05) is 17.7 Å². The van der Waals surface area contributed by atoms with E-state index in [1.54, 1.807) is 24.3 Å². The second-order valence-corrected chi connectivity index (χ2v) is 6.11. The SMILES string of the molecule is N#Cc1ccc(NC(=O)COC(=O)/C=C/c2ccc3c(c2)OCCO3)cc1Cl. The number of carbonyl (C=O) groups excluding carboxylic acids is 2. The zero-order chi connectivity index (χ0) is 19.9. The van der Waals surface area contributed by atoms with E-state index in [9.17, 15) is 9.59 Å². The van der Waals surface area contributed by atoms with Crippen molar-refractivity contribution in [3.05, 3.63) is 58.6 Å². The minimum Gasteiger partial charge on any atom is -0.486 e. The van der Waals surface area contributed by atoms with E-state index in [4.69, 9.17) is 31.1 Å². The number of nitrogens with one attached hydrogen (secondary N) is 1. The van der Waals surface area contributed by atoms with Crippen molar-refractivity contribution in [1.29, 1.82) is 5.26 Å². The minimum absolute atomic E-state index is 0.222. The maximum absolute atomic E-state index is 11.9. The molecule has 0 atom stereocenters. The van der Waals surface area contributed by atoms with Gasteiger partial charge in [0.1, 0.15) is 19.3 Å². The number of amides is 1. The van der Waals surface area contributed by atoms with Crippen molar-refractivity contribution in [2.45, 2.75) is 0 Å². The Hall–Kier alpha value is -3.50. The number of hydrogen-bond acceptors (Lipinski definition) is 6. The molecule has 1 heterocycles. The number of halogens is 1. The van der Waals surface area contributed by atoms with Crippen molar-refractivity contribution in [2.75, 3.05) is 25.1 Å². The molecule has 8 heteroatoms. The summed E-state index contributed by atoms with van der Waals surface area (Å²) in [5.41, 5.74) is 1.44. The lowest BCUT2D eigenvalue weighted by atomic mass is 10.2. The van der Waals surface area contributed by atoms with Gasteiger partial charge in [-0.05, 0) is 42.0 Å². The molecule has 2 aromatic carbocycles. The molecule has 1 N–H and O–H groups in total. The molecule has 0 saturated heterocycles. The molecular weight excluding hydrogens is 384 g/mol. The predicted octanol–water partition coefficient (Wildman–Crippen LogP) is 3.18. The van der Waals surface area contributed by atoms with Crippen LogP contribution in [-0.4, -0.2) is 31.7 Å². The molecule has 0 fully saturated rings. The molecule has 0 aliphatic carbocycles. The van der Waals surface area contributed by atoms with Gasteiger partial charge in [-0.15, -0.1) is 0 Å². The number of rotatable bonds is 5. The average molecular weight is 399 g/mol. The van der Waals surface area contributed by atoms with Gasteiger partial charge < -0.3 is 19.5 Å². The fraction of sp³-hybridized carbons (Fsp3) is 0.150. The third kappa shape index (κ3) is 5.02. The fourth-order valence-corrected chi connectivity index (χ4v) is 2.62. The third-order valence-corrected chi connectivity index (χ3v) is 4.01. The molecular formula is C20H15ClN2O5. The monoisotopic (exact) mass is 398 g/mol. The Morgan fingerprint density at radius 1 is 1.18 bits per heavy atom. The van der Waals surface area contributed by atoms with E-state index in [1.165, 1.54) is 24.3 Å². The van der Waals surface area contributed by atoms with Gasteiger partial charge in [-0.2, -0.15) is 5.26 Å². The van der Waals surface area contributed by atoms with Crippen LogP contribution >= 0.6 is 11.6 Å². The molecule has 0 bridgehead atoms. The van der Waals surface area contributed by atoms with Crippen LogP contribution in [0.3, 0.4) is 0 Å². The second kappa shape index (κ2) is 8.93. The van der Waals surface area contributed by atoms with Crippen molar-refractivity contribution < 1.29 is 23.8 Å². The van der Waals surface area contributed by atoms with E-state index in [0.717, 1.165) is 5.56 Å². The summed E-state index contributed by atoms with van der Waals surface area (Å²) in [5, 5.41) is 11.6. The molecule has 28 heavy (non-hydrogen) atoms. The highest BCUT2D eigenvalue weighted by atomic mass is 35.5. The number of benzene rings is 2. The molecule has 1 aliphatic heterocycles. The summed E-state index contributed by atoms with van der Waals surface area (Å²) < 4.78 is 15.8. The summed E-state index contributed by atoms with van der Waals surface area (Å²) in [5.74, 6) is 0.0810. The normalized spacial score (nSPS) is 12.3. The van der Waals surface area contributed by atoms with E-state index in [-0.39, 0.29) is 5.02 Å². The van der Waals surface area contributed by atoms with Crippen LogP contribution < -0.4 is 14.8 Å². The van der Waals surface area contributed by atoms with Crippen LogP contribution in [-0.2, 0) is 14.3 Å². The summed E-state index contributed by atoms with van der Waals surface area (Å²) in [6.45, 7) is 0.523. The van der Waals surface area contributed by atoms with E-state index in [1.807, 2.05) is 6.07 Å². The molecule has 3 rings (SSSR count). The number of fused-ring (bicyclic) bond motifs is 1. The first-order chi connectivity index (χ1) is 13.5. The number of carbonyl (C=O) groups is 2. The Kier molecular flexibility index (Phi) is 6.14. The van der Waals surface area contributed by atoms with Crippen molar-refractivity contribution in [2.24, 2.45) is 0 Å².